The van der Waals surface area contributed by atoms with Gasteiger partial charge in [0.05, 0.1) is 18.5 Å². The van der Waals surface area contributed by atoms with E-state index >= 15 is 0 Å². The highest BCUT2D eigenvalue weighted by molar-refractivity contribution is 5.89. The van der Waals surface area contributed by atoms with Crippen LogP contribution < -0.4 is 15.8 Å². The van der Waals surface area contributed by atoms with E-state index in [1.807, 2.05) is 24.3 Å². The SMILES string of the molecule is COc1ccccc1-c1ccc(NC(=O)O)c(N)c1. The Hall–Kier alpha value is -2.69. The Kier molecular flexibility index (Phi) is 3.56. The summed E-state index contributed by atoms with van der Waals surface area (Å²) >= 11 is 0. The highest BCUT2D eigenvalue weighted by Gasteiger charge is 2.08. The van der Waals surface area contributed by atoms with Crippen molar-refractivity contribution in [2.24, 2.45) is 0 Å². The average Bonchev–Trinajstić information content (AvgIpc) is 2.40. The number of carbonyl (C=O) groups is 1. The monoisotopic (exact) mass is 258 g/mol. The normalized spacial score (nSPS) is 9.95. The largest absolute Gasteiger partial charge is 0.496 e. The van der Waals surface area contributed by atoms with E-state index in [4.69, 9.17) is 15.6 Å². The van der Waals surface area contributed by atoms with Crippen molar-refractivity contribution in [1.29, 1.82) is 0 Å². The van der Waals surface area contributed by atoms with Crippen molar-refractivity contribution in [3.63, 3.8) is 0 Å². The quantitative estimate of drug-likeness (QED) is 0.739. The molecule has 0 aromatic heterocycles. The van der Waals surface area contributed by atoms with Crippen molar-refractivity contribution < 1.29 is 14.6 Å². The number of nitrogens with one attached hydrogen (secondary N) is 1. The smallest absolute Gasteiger partial charge is 0.409 e. The third kappa shape index (κ3) is 2.77. The zero-order chi connectivity index (χ0) is 13.8. The first-order valence-corrected chi connectivity index (χ1v) is 5.64. The van der Waals surface area contributed by atoms with Gasteiger partial charge in [0, 0.05) is 5.56 Å². The number of methoxy groups -OCH3 is 1. The number of anilines is 2. The van der Waals surface area contributed by atoms with Crippen LogP contribution in [0.5, 0.6) is 5.75 Å². The van der Waals surface area contributed by atoms with Gasteiger partial charge in [0.2, 0.25) is 0 Å². The molecule has 0 aliphatic carbocycles. The highest BCUT2D eigenvalue weighted by atomic mass is 16.5. The van der Waals surface area contributed by atoms with Gasteiger partial charge in [0.25, 0.3) is 0 Å². The van der Waals surface area contributed by atoms with Crippen LogP contribution in [0.4, 0.5) is 16.2 Å². The van der Waals surface area contributed by atoms with E-state index < -0.39 is 6.09 Å². The fourth-order valence-electron chi connectivity index (χ4n) is 1.84. The third-order valence-corrected chi connectivity index (χ3v) is 2.71. The maximum absolute atomic E-state index is 10.6. The van der Waals surface area contributed by atoms with Crippen LogP contribution in [0.2, 0.25) is 0 Å². The molecule has 0 unspecified atom stereocenters. The minimum atomic E-state index is -1.14. The Morgan fingerprint density at radius 3 is 2.63 bits per heavy atom. The van der Waals surface area contributed by atoms with Gasteiger partial charge in [-0.1, -0.05) is 24.3 Å². The number of nitrogen functional groups attached to an aromatic ring is 1. The van der Waals surface area contributed by atoms with Crippen molar-refractivity contribution in [3.05, 3.63) is 42.5 Å². The lowest BCUT2D eigenvalue weighted by molar-refractivity contribution is 0.210. The van der Waals surface area contributed by atoms with Gasteiger partial charge in [-0.2, -0.15) is 0 Å². The summed E-state index contributed by atoms with van der Waals surface area (Å²) in [6, 6.07) is 12.7. The van der Waals surface area contributed by atoms with Crippen LogP contribution in [0.3, 0.4) is 0 Å². The van der Waals surface area contributed by atoms with Crippen molar-refractivity contribution in [2.75, 3.05) is 18.2 Å². The summed E-state index contributed by atoms with van der Waals surface area (Å²) in [5, 5.41) is 10.9. The molecule has 1 amide bonds. The minimum Gasteiger partial charge on any atom is -0.496 e. The molecule has 0 atom stereocenters. The summed E-state index contributed by atoms with van der Waals surface area (Å²) in [5.74, 6) is 0.737. The van der Waals surface area contributed by atoms with Crippen LogP contribution in [0.1, 0.15) is 0 Å². The first-order chi connectivity index (χ1) is 9.11. The Morgan fingerprint density at radius 1 is 1.26 bits per heavy atom. The summed E-state index contributed by atoms with van der Waals surface area (Å²) in [7, 11) is 1.60. The molecule has 0 saturated carbocycles. The molecule has 2 rings (SSSR count). The van der Waals surface area contributed by atoms with Crippen LogP contribution in [0, 0.1) is 0 Å². The van der Waals surface area contributed by atoms with E-state index in [9.17, 15) is 4.79 Å². The predicted octanol–water partition coefficient (Wildman–Crippen LogP) is 3.03. The molecule has 4 N–H and O–H groups in total. The topological polar surface area (TPSA) is 84.6 Å². The van der Waals surface area contributed by atoms with E-state index in [1.54, 1.807) is 25.3 Å². The fourth-order valence-corrected chi connectivity index (χ4v) is 1.84. The second kappa shape index (κ2) is 5.30. The molecular formula is C14H14N2O3. The van der Waals surface area contributed by atoms with E-state index in [1.165, 1.54) is 0 Å². The number of hydrogen-bond donors (Lipinski definition) is 3. The molecule has 0 heterocycles. The molecule has 0 radical (unpaired) electrons. The Morgan fingerprint density at radius 2 is 2.00 bits per heavy atom. The lowest BCUT2D eigenvalue weighted by Crippen LogP contribution is -2.09. The van der Waals surface area contributed by atoms with Gasteiger partial charge >= 0.3 is 6.09 Å². The maximum Gasteiger partial charge on any atom is 0.409 e. The predicted molar refractivity (Wildman–Crippen MR) is 74.5 cm³/mol. The van der Waals surface area contributed by atoms with Gasteiger partial charge in [-0.3, -0.25) is 5.32 Å². The van der Waals surface area contributed by atoms with Gasteiger partial charge in [-0.05, 0) is 23.8 Å². The molecule has 0 saturated heterocycles. The third-order valence-electron chi connectivity index (χ3n) is 2.71. The number of rotatable bonds is 3. The lowest BCUT2D eigenvalue weighted by atomic mass is 10.0. The summed E-state index contributed by atoms with van der Waals surface area (Å²) in [6.45, 7) is 0. The highest BCUT2D eigenvalue weighted by Crippen LogP contribution is 2.32. The van der Waals surface area contributed by atoms with E-state index in [2.05, 4.69) is 5.32 Å². The summed E-state index contributed by atoms with van der Waals surface area (Å²) in [6.07, 6.45) is -1.14. The standard InChI is InChI=1S/C14H14N2O3/c1-19-13-5-3-2-4-10(13)9-6-7-12(11(15)8-9)16-14(17)18/h2-8,16H,15H2,1H3,(H,17,18). The van der Waals surface area contributed by atoms with Crippen LogP contribution in [-0.2, 0) is 0 Å². The zero-order valence-corrected chi connectivity index (χ0v) is 10.4. The van der Waals surface area contributed by atoms with Gasteiger partial charge in [0.15, 0.2) is 0 Å². The number of para-hydroxylation sites is 1. The number of nitrogens with two attached hydrogens (primary N) is 1. The van der Waals surface area contributed by atoms with Crippen LogP contribution >= 0.6 is 0 Å². The van der Waals surface area contributed by atoms with Crippen molar-refractivity contribution in [2.45, 2.75) is 0 Å². The molecule has 0 fully saturated rings. The Bertz CT molecular complexity index is 611. The fraction of sp³-hybridized carbons (Fsp3) is 0.0714. The molecule has 5 heteroatoms. The van der Waals surface area contributed by atoms with E-state index in [-0.39, 0.29) is 0 Å². The van der Waals surface area contributed by atoms with E-state index in [0.29, 0.717) is 11.4 Å². The lowest BCUT2D eigenvalue weighted by Gasteiger charge is -2.11. The molecule has 5 nitrogen and oxygen atoms in total. The zero-order valence-electron chi connectivity index (χ0n) is 10.4. The van der Waals surface area contributed by atoms with Crippen molar-refractivity contribution in [3.8, 4) is 16.9 Å². The average molecular weight is 258 g/mol. The van der Waals surface area contributed by atoms with Crippen LogP contribution in [0.15, 0.2) is 42.5 Å². The number of amides is 1. The minimum absolute atomic E-state index is 0.366. The summed E-state index contributed by atoms with van der Waals surface area (Å²) in [5.41, 5.74) is 8.33. The van der Waals surface area contributed by atoms with Crippen molar-refractivity contribution >= 4 is 17.5 Å². The number of carboxylic acid groups (broad SMARTS) is 1. The first kappa shape index (κ1) is 12.8. The van der Waals surface area contributed by atoms with Gasteiger partial charge in [0.1, 0.15) is 5.75 Å². The molecule has 0 bridgehead atoms. The molecule has 98 valence electrons. The molecule has 0 spiro atoms. The van der Waals surface area contributed by atoms with Crippen molar-refractivity contribution in [1.82, 2.24) is 0 Å². The number of benzene rings is 2. The van der Waals surface area contributed by atoms with Gasteiger partial charge in [-0.25, -0.2) is 4.79 Å². The molecule has 19 heavy (non-hydrogen) atoms. The summed E-state index contributed by atoms with van der Waals surface area (Å²) in [4.78, 5) is 10.6. The van der Waals surface area contributed by atoms with E-state index in [0.717, 1.165) is 16.9 Å². The second-order valence-corrected chi connectivity index (χ2v) is 3.93. The van der Waals surface area contributed by atoms with Crippen LogP contribution in [0.25, 0.3) is 11.1 Å². The Labute approximate surface area is 110 Å². The molecule has 2 aromatic carbocycles. The maximum atomic E-state index is 10.6. The molecule has 0 aliphatic rings. The Balaban J connectivity index is 2.41. The summed E-state index contributed by atoms with van der Waals surface area (Å²) < 4.78 is 5.28. The van der Waals surface area contributed by atoms with Crippen LogP contribution in [-0.4, -0.2) is 18.3 Å². The molecular weight excluding hydrogens is 244 g/mol. The second-order valence-electron chi connectivity index (χ2n) is 3.93. The van der Waals surface area contributed by atoms with Gasteiger partial charge < -0.3 is 15.6 Å². The molecule has 2 aromatic rings. The molecule has 0 aliphatic heterocycles. The number of hydrogen-bond acceptors (Lipinski definition) is 3. The van der Waals surface area contributed by atoms with Gasteiger partial charge in [-0.15, -0.1) is 0 Å². The first-order valence-electron chi connectivity index (χ1n) is 5.64. The number of ether oxygens (including phenoxy) is 1.